The van der Waals surface area contributed by atoms with Gasteiger partial charge in [-0.15, -0.1) is 0 Å². The molecule has 2 saturated heterocycles. The molecule has 4 unspecified atom stereocenters. The summed E-state index contributed by atoms with van der Waals surface area (Å²) in [4.78, 5) is 28.2. The number of aliphatic hydroxyl groups excluding tert-OH is 3. The molecule has 0 bridgehead atoms. The topological polar surface area (TPSA) is 126 Å². The van der Waals surface area contributed by atoms with Gasteiger partial charge in [-0.25, -0.2) is 0 Å². The lowest BCUT2D eigenvalue weighted by molar-refractivity contribution is -0.276. The highest BCUT2D eigenvalue weighted by atomic mass is 16.7. The van der Waals surface area contributed by atoms with E-state index < -0.39 is 60.5 Å². The Bertz CT molecular complexity index is 748. The van der Waals surface area contributed by atoms with E-state index in [1.54, 1.807) is 20.8 Å². The van der Waals surface area contributed by atoms with Gasteiger partial charge >= 0.3 is 5.97 Å². The maximum absolute atomic E-state index is 13.3. The number of Topliss-reactive ketones (excluding diaryl/α,β-unsaturated/α-hetero) is 1. The van der Waals surface area contributed by atoms with E-state index in [-0.39, 0.29) is 36.2 Å². The number of hydrogen-bond donors (Lipinski definition) is 3. The third-order valence-corrected chi connectivity index (χ3v) is 8.61. The van der Waals surface area contributed by atoms with Crippen LogP contribution in [0.5, 0.6) is 0 Å². The molecule has 0 saturated carbocycles. The molecule has 2 aliphatic rings. The fraction of sp³-hybridized carbons (Fsp3) is 0.929. The summed E-state index contributed by atoms with van der Waals surface area (Å²) < 4.78 is 18.0. The highest BCUT2D eigenvalue weighted by Gasteiger charge is 2.42. The number of nitrogens with zero attached hydrogens (tertiary/aromatic N) is 1. The number of aliphatic hydroxyl groups is 3. The van der Waals surface area contributed by atoms with Gasteiger partial charge in [-0.05, 0) is 53.1 Å². The lowest BCUT2D eigenvalue weighted by atomic mass is 9.79. The molecule has 216 valence electrons. The number of carbonyl (C=O) groups is 2. The van der Waals surface area contributed by atoms with Crippen molar-refractivity contribution in [3.8, 4) is 0 Å². The van der Waals surface area contributed by atoms with Gasteiger partial charge in [0.1, 0.15) is 18.0 Å². The number of esters is 1. The van der Waals surface area contributed by atoms with Crippen LogP contribution in [-0.4, -0.2) is 95.0 Å². The summed E-state index contributed by atoms with van der Waals surface area (Å²) in [5.74, 6) is -3.05. The van der Waals surface area contributed by atoms with Gasteiger partial charge in [0.05, 0.1) is 30.3 Å². The second kappa shape index (κ2) is 13.8. The summed E-state index contributed by atoms with van der Waals surface area (Å²) in [5.41, 5.74) is 0. The molecule has 0 aliphatic carbocycles. The molecule has 0 radical (unpaired) electrons. The van der Waals surface area contributed by atoms with Crippen LogP contribution in [-0.2, 0) is 23.8 Å². The van der Waals surface area contributed by atoms with Gasteiger partial charge in [0.25, 0.3) is 0 Å². The minimum Gasteiger partial charge on any atom is -0.462 e. The Morgan fingerprint density at radius 1 is 0.919 bits per heavy atom. The molecule has 37 heavy (non-hydrogen) atoms. The number of ketones is 1. The monoisotopic (exact) mass is 529 g/mol. The summed E-state index contributed by atoms with van der Waals surface area (Å²) in [6, 6.07) is -0.155. The fourth-order valence-electron chi connectivity index (χ4n) is 5.79. The van der Waals surface area contributed by atoms with Gasteiger partial charge in [0.15, 0.2) is 6.29 Å². The molecule has 0 aromatic heterocycles. The van der Waals surface area contributed by atoms with Crippen molar-refractivity contribution in [3.05, 3.63) is 0 Å². The smallest absolute Gasteiger partial charge is 0.311 e. The van der Waals surface area contributed by atoms with E-state index in [9.17, 15) is 24.9 Å². The molecule has 9 heteroatoms. The number of likely N-dealkylation sites (N-methyl/N-ethyl adjacent to an activating group) is 1. The van der Waals surface area contributed by atoms with Crippen LogP contribution < -0.4 is 0 Å². The fourth-order valence-corrected chi connectivity index (χ4v) is 5.79. The molecule has 0 amide bonds. The molecular weight excluding hydrogens is 478 g/mol. The molecule has 9 nitrogen and oxygen atoms in total. The Morgan fingerprint density at radius 2 is 1.54 bits per heavy atom. The minimum absolute atomic E-state index is 0.0626. The molecule has 0 spiro atoms. The van der Waals surface area contributed by atoms with Crippen LogP contribution >= 0.6 is 0 Å². The van der Waals surface area contributed by atoms with Crippen LogP contribution in [0.3, 0.4) is 0 Å². The van der Waals surface area contributed by atoms with E-state index in [1.807, 2.05) is 46.7 Å². The number of carbonyl (C=O) groups excluding carboxylic acids is 2. The van der Waals surface area contributed by atoms with Gasteiger partial charge in [-0.3, -0.25) is 9.59 Å². The predicted octanol–water partition coefficient (Wildman–Crippen LogP) is 2.38. The first kappa shape index (κ1) is 32.1. The Hall–Kier alpha value is -1.10. The van der Waals surface area contributed by atoms with Gasteiger partial charge in [-0.1, -0.05) is 34.6 Å². The van der Waals surface area contributed by atoms with Crippen molar-refractivity contribution in [3.63, 3.8) is 0 Å². The highest BCUT2D eigenvalue weighted by molar-refractivity contribution is 5.83. The molecule has 2 fully saturated rings. The van der Waals surface area contributed by atoms with E-state index in [0.717, 1.165) is 0 Å². The van der Waals surface area contributed by atoms with Crippen molar-refractivity contribution in [2.24, 2.45) is 29.6 Å². The quantitative estimate of drug-likeness (QED) is 0.471. The van der Waals surface area contributed by atoms with E-state index in [1.165, 1.54) is 0 Å². The summed E-state index contributed by atoms with van der Waals surface area (Å²) in [6.07, 6.45) is -3.41. The van der Waals surface area contributed by atoms with Gasteiger partial charge < -0.3 is 34.4 Å². The van der Waals surface area contributed by atoms with E-state index in [0.29, 0.717) is 19.3 Å². The zero-order valence-corrected chi connectivity index (χ0v) is 24.2. The molecule has 2 rings (SSSR count). The maximum Gasteiger partial charge on any atom is 0.311 e. The molecule has 0 aromatic carbocycles. The summed E-state index contributed by atoms with van der Waals surface area (Å²) >= 11 is 0. The number of rotatable bonds is 4. The SMILES string of the molecule is CC[C@H]1OC(=O)[C@H](C)[C@@H](O)C[C@@H](OC2OC(C)CC(N(C)C)C2O)[C@@H](C)C[C@@H](C)C(=O)[C@H](C)[C@@H](O)[C@H]1C. The first-order chi connectivity index (χ1) is 17.2. The van der Waals surface area contributed by atoms with Crippen molar-refractivity contribution in [2.75, 3.05) is 14.1 Å². The normalized spacial score (nSPS) is 45.4. The summed E-state index contributed by atoms with van der Waals surface area (Å²) in [5, 5.41) is 33.0. The van der Waals surface area contributed by atoms with Crippen LogP contribution in [0.15, 0.2) is 0 Å². The zero-order valence-electron chi connectivity index (χ0n) is 24.2. The largest absolute Gasteiger partial charge is 0.462 e. The van der Waals surface area contributed by atoms with Crippen LogP contribution in [0, 0.1) is 29.6 Å². The zero-order chi connectivity index (χ0) is 28.2. The standard InChI is InChI=1S/C28H51NO8/c1-10-22-18(6)25(32)19(7)24(31)15(3)11-14(2)23(13-21(30)17(5)27(34)36-22)37-28-26(33)20(29(8)9)12-16(4)35-28/h14-23,25-26,28,30,32-33H,10-13H2,1-9H3/t14-,15+,16?,17+,18-,19-,20?,21-,22+,23+,25-,26?,28?/m0/s1. The van der Waals surface area contributed by atoms with Crippen LogP contribution in [0.1, 0.15) is 74.1 Å². The van der Waals surface area contributed by atoms with Gasteiger partial charge in [0.2, 0.25) is 0 Å². The van der Waals surface area contributed by atoms with Crippen LogP contribution in [0.25, 0.3) is 0 Å². The van der Waals surface area contributed by atoms with Gasteiger partial charge in [-0.2, -0.15) is 0 Å². The Balaban J connectivity index is 2.36. The maximum atomic E-state index is 13.3. The van der Waals surface area contributed by atoms with Crippen molar-refractivity contribution in [2.45, 2.75) is 123 Å². The molecule has 3 N–H and O–H groups in total. The average molecular weight is 530 g/mol. The first-order valence-corrected chi connectivity index (χ1v) is 13.9. The van der Waals surface area contributed by atoms with Crippen molar-refractivity contribution in [1.29, 1.82) is 0 Å². The summed E-state index contributed by atoms with van der Waals surface area (Å²) in [7, 11) is 3.80. The molecular formula is C28H51NO8. The summed E-state index contributed by atoms with van der Waals surface area (Å²) in [6.45, 7) is 12.7. The van der Waals surface area contributed by atoms with Gasteiger partial charge in [0, 0.05) is 30.2 Å². The Labute approximate surface area is 222 Å². The first-order valence-electron chi connectivity index (χ1n) is 13.9. The lowest BCUT2D eigenvalue weighted by Crippen LogP contribution is -2.55. The van der Waals surface area contributed by atoms with Crippen molar-refractivity contribution < 1.29 is 39.1 Å². The highest BCUT2D eigenvalue weighted by Crippen LogP contribution is 2.32. The molecule has 0 aromatic rings. The molecule has 2 aliphatic heterocycles. The second-order valence-corrected chi connectivity index (χ2v) is 11.9. The molecule has 2 heterocycles. The average Bonchev–Trinajstić information content (AvgIpc) is 2.85. The van der Waals surface area contributed by atoms with Crippen LogP contribution in [0.4, 0.5) is 0 Å². The van der Waals surface area contributed by atoms with E-state index >= 15 is 0 Å². The predicted molar refractivity (Wildman–Crippen MR) is 140 cm³/mol. The van der Waals surface area contributed by atoms with Crippen molar-refractivity contribution in [1.82, 2.24) is 4.90 Å². The minimum atomic E-state index is -1.06. The van der Waals surface area contributed by atoms with E-state index in [4.69, 9.17) is 14.2 Å². The second-order valence-electron chi connectivity index (χ2n) is 11.9. The Morgan fingerprint density at radius 3 is 2.11 bits per heavy atom. The number of ether oxygens (including phenoxy) is 3. The third-order valence-electron chi connectivity index (χ3n) is 8.61. The molecule has 13 atom stereocenters. The number of hydrogen-bond acceptors (Lipinski definition) is 9. The van der Waals surface area contributed by atoms with Crippen molar-refractivity contribution >= 4 is 11.8 Å². The van der Waals surface area contributed by atoms with E-state index in [2.05, 4.69) is 0 Å². The Kier molecular flexibility index (Phi) is 12.0. The lowest BCUT2D eigenvalue weighted by Gasteiger charge is -2.43. The number of cyclic esters (lactones) is 1. The van der Waals surface area contributed by atoms with Crippen LogP contribution in [0.2, 0.25) is 0 Å². The third kappa shape index (κ3) is 7.96.